The molecule has 0 amide bonds. The Labute approximate surface area is 159 Å². The molecule has 4 heterocycles. The number of hydrogen-bond acceptors (Lipinski definition) is 5. The number of carboxylic acid groups (broad SMARTS) is 1. The largest absolute Gasteiger partial charge is 0.478 e. The van der Waals surface area contributed by atoms with Gasteiger partial charge in [0.2, 0.25) is 0 Å². The summed E-state index contributed by atoms with van der Waals surface area (Å²) in [7, 11) is 0. The highest BCUT2D eigenvalue weighted by atomic mass is 32.1. The summed E-state index contributed by atoms with van der Waals surface area (Å²) in [5.41, 5.74) is 4.28. The van der Waals surface area contributed by atoms with Crippen LogP contribution in [0.2, 0.25) is 0 Å². The molecule has 0 fully saturated rings. The molecule has 0 spiro atoms. The fourth-order valence-corrected chi connectivity index (χ4v) is 3.86. The van der Waals surface area contributed by atoms with E-state index in [2.05, 4.69) is 15.2 Å². The summed E-state index contributed by atoms with van der Waals surface area (Å²) < 4.78 is 8.00. The van der Waals surface area contributed by atoms with Crippen LogP contribution in [0.25, 0.3) is 16.8 Å². The summed E-state index contributed by atoms with van der Waals surface area (Å²) in [6, 6.07) is 5.51. The van der Waals surface area contributed by atoms with Gasteiger partial charge in [-0.3, -0.25) is 5.10 Å². The number of pyridine rings is 1. The number of aromatic nitrogens is 4. The van der Waals surface area contributed by atoms with E-state index >= 15 is 0 Å². The Kier molecular flexibility index (Phi) is 4.51. The summed E-state index contributed by atoms with van der Waals surface area (Å²) in [6.45, 7) is 4.12. The zero-order valence-corrected chi connectivity index (χ0v) is 15.7. The first kappa shape index (κ1) is 17.4. The van der Waals surface area contributed by atoms with Crippen molar-refractivity contribution in [3.05, 3.63) is 64.0 Å². The summed E-state index contributed by atoms with van der Waals surface area (Å²) in [6.07, 6.45) is 5.04. The fraction of sp³-hybridized carbons (Fsp3) is 0.211. The van der Waals surface area contributed by atoms with Crippen LogP contribution in [0.4, 0.5) is 0 Å². The number of carbonyl (C=O) groups is 1. The normalized spacial score (nSPS) is 12.5. The molecule has 27 heavy (non-hydrogen) atoms. The minimum Gasteiger partial charge on any atom is -0.478 e. The van der Waals surface area contributed by atoms with Crippen molar-refractivity contribution in [3.8, 4) is 11.3 Å². The van der Waals surface area contributed by atoms with Crippen LogP contribution in [-0.4, -0.2) is 30.7 Å². The zero-order chi connectivity index (χ0) is 19.0. The monoisotopic (exact) mass is 382 g/mol. The lowest BCUT2D eigenvalue weighted by Crippen LogP contribution is -2.12. The van der Waals surface area contributed by atoms with Crippen molar-refractivity contribution < 1.29 is 14.6 Å². The Morgan fingerprint density at radius 2 is 2.26 bits per heavy atom. The number of aromatic amines is 1. The van der Waals surface area contributed by atoms with Crippen molar-refractivity contribution in [1.82, 2.24) is 19.6 Å². The second kappa shape index (κ2) is 6.98. The number of hydrogen-bond donors (Lipinski definition) is 2. The van der Waals surface area contributed by atoms with Crippen molar-refractivity contribution in [2.45, 2.75) is 26.6 Å². The van der Waals surface area contributed by atoms with Gasteiger partial charge < -0.3 is 14.2 Å². The van der Waals surface area contributed by atoms with Crippen molar-refractivity contribution >= 4 is 22.8 Å². The Balaban J connectivity index is 1.82. The number of nitrogens with zero attached hydrogens (tertiary/aromatic N) is 3. The van der Waals surface area contributed by atoms with Crippen molar-refractivity contribution in [1.29, 1.82) is 0 Å². The molecule has 0 bridgehead atoms. The van der Waals surface area contributed by atoms with Gasteiger partial charge in [0.05, 0.1) is 35.2 Å². The molecule has 0 saturated heterocycles. The molecule has 0 saturated carbocycles. The average molecular weight is 382 g/mol. The van der Waals surface area contributed by atoms with Crippen LogP contribution in [0.15, 0.2) is 42.2 Å². The molecule has 4 aromatic heterocycles. The maximum absolute atomic E-state index is 11.8. The first-order valence-corrected chi connectivity index (χ1v) is 9.31. The number of nitrogens with one attached hydrogen (secondary N) is 1. The molecule has 0 aliphatic rings. The van der Waals surface area contributed by atoms with Crippen molar-refractivity contribution in [3.63, 3.8) is 0 Å². The molecule has 0 aliphatic heterocycles. The first-order chi connectivity index (χ1) is 13.1. The number of carboxylic acids is 1. The predicted molar refractivity (Wildman–Crippen MR) is 102 cm³/mol. The smallest absolute Gasteiger partial charge is 0.336 e. The number of fused-ring (bicyclic) bond motifs is 1. The van der Waals surface area contributed by atoms with E-state index in [1.807, 2.05) is 42.0 Å². The minimum absolute atomic E-state index is 0.265. The Bertz CT molecular complexity index is 1080. The summed E-state index contributed by atoms with van der Waals surface area (Å²) in [5, 5.41) is 19.4. The van der Waals surface area contributed by atoms with E-state index in [9.17, 15) is 9.90 Å². The number of H-pyrrole nitrogens is 1. The number of aromatic carboxylic acids is 1. The maximum Gasteiger partial charge on any atom is 0.336 e. The Morgan fingerprint density at radius 3 is 2.93 bits per heavy atom. The van der Waals surface area contributed by atoms with Gasteiger partial charge in [-0.15, -0.1) is 11.3 Å². The molecule has 0 aliphatic carbocycles. The molecule has 2 N–H and O–H groups in total. The number of rotatable bonds is 6. The van der Waals surface area contributed by atoms with Gasteiger partial charge in [0.25, 0.3) is 0 Å². The van der Waals surface area contributed by atoms with Crippen LogP contribution < -0.4 is 0 Å². The molecule has 0 radical (unpaired) electrons. The Morgan fingerprint density at radius 1 is 1.41 bits per heavy atom. The van der Waals surface area contributed by atoms with E-state index in [1.54, 1.807) is 18.5 Å². The maximum atomic E-state index is 11.8. The molecule has 4 rings (SSSR count). The quantitative estimate of drug-likeness (QED) is 0.524. The predicted octanol–water partition coefficient (Wildman–Crippen LogP) is 4.07. The van der Waals surface area contributed by atoms with E-state index in [0.717, 1.165) is 27.5 Å². The van der Waals surface area contributed by atoms with Gasteiger partial charge in [0.1, 0.15) is 5.01 Å². The van der Waals surface area contributed by atoms with Crippen LogP contribution in [0.5, 0.6) is 0 Å². The third-order valence-corrected chi connectivity index (χ3v) is 5.35. The number of ether oxygens (including phenoxy) is 1. The second-order valence-electron chi connectivity index (χ2n) is 6.21. The lowest BCUT2D eigenvalue weighted by Gasteiger charge is -2.19. The van der Waals surface area contributed by atoms with Crippen molar-refractivity contribution in [2.24, 2.45) is 0 Å². The molecule has 1 atom stereocenters. The highest BCUT2D eigenvalue weighted by Crippen LogP contribution is 2.32. The third kappa shape index (κ3) is 3.13. The fourth-order valence-electron chi connectivity index (χ4n) is 3.32. The van der Waals surface area contributed by atoms with E-state index in [-0.39, 0.29) is 11.7 Å². The van der Waals surface area contributed by atoms with Gasteiger partial charge in [-0.2, -0.15) is 5.10 Å². The van der Waals surface area contributed by atoms with Gasteiger partial charge in [-0.1, -0.05) is 0 Å². The van der Waals surface area contributed by atoms with E-state index in [4.69, 9.17) is 4.74 Å². The molecular weight excluding hydrogens is 364 g/mol. The van der Waals surface area contributed by atoms with Crippen LogP contribution in [0.1, 0.15) is 39.7 Å². The van der Waals surface area contributed by atoms with Gasteiger partial charge >= 0.3 is 5.97 Å². The SMILES string of the molecule is Cc1c(C(=O)O)cc2c(-c3ccn[nH]3)ccn2c1C(C)OCc1nccs1. The lowest BCUT2D eigenvalue weighted by atomic mass is 10.0. The minimum atomic E-state index is -0.958. The van der Waals surface area contributed by atoms with Gasteiger partial charge in [0.15, 0.2) is 0 Å². The Hall–Kier alpha value is -2.97. The van der Waals surface area contributed by atoms with Crippen molar-refractivity contribution in [2.75, 3.05) is 0 Å². The zero-order valence-electron chi connectivity index (χ0n) is 14.8. The summed E-state index contributed by atoms with van der Waals surface area (Å²) >= 11 is 1.53. The summed E-state index contributed by atoms with van der Waals surface area (Å²) in [4.78, 5) is 16.1. The molecule has 1 unspecified atom stereocenters. The molecule has 0 aromatic carbocycles. The molecule has 4 aromatic rings. The van der Waals surface area contributed by atoms with Gasteiger partial charge in [0, 0.05) is 29.5 Å². The lowest BCUT2D eigenvalue weighted by molar-refractivity contribution is 0.0483. The molecule has 7 nitrogen and oxygen atoms in total. The third-order valence-electron chi connectivity index (χ3n) is 4.60. The second-order valence-corrected chi connectivity index (χ2v) is 7.19. The van der Waals surface area contributed by atoms with Crippen LogP contribution in [-0.2, 0) is 11.3 Å². The van der Waals surface area contributed by atoms with Gasteiger partial charge in [-0.25, -0.2) is 9.78 Å². The summed E-state index contributed by atoms with van der Waals surface area (Å²) in [5.74, 6) is -0.958. The topological polar surface area (TPSA) is 92.5 Å². The van der Waals surface area contributed by atoms with E-state index < -0.39 is 5.97 Å². The van der Waals surface area contributed by atoms with E-state index in [1.165, 1.54) is 11.3 Å². The van der Waals surface area contributed by atoms with Gasteiger partial charge in [-0.05, 0) is 37.6 Å². The molecule has 8 heteroatoms. The highest BCUT2D eigenvalue weighted by molar-refractivity contribution is 7.09. The molecular formula is C19H18N4O3S. The number of thiazole rings is 1. The first-order valence-electron chi connectivity index (χ1n) is 8.44. The van der Waals surface area contributed by atoms with Crippen LogP contribution in [0, 0.1) is 6.92 Å². The highest BCUT2D eigenvalue weighted by Gasteiger charge is 2.22. The average Bonchev–Trinajstić information content (AvgIpc) is 3.39. The standard InChI is InChI=1S/C19H18N4O3S/c1-11-14(19(24)25)9-16-13(15-3-5-21-22-15)4-7-23(16)18(11)12(2)26-10-17-20-6-8-27-17/h3-9,12H,10H2,1-2H3,(H,21,22)(H,24,25). The molecule has 138 valence electrons. The van der Waals surface area contributed by atoms with Crippen LogP contribution in [0.3, 0.4) is 0 Å². The van der Waals surface area contributed by atoms with E-state index in [0.29, 0.717) is 12.2 Å². The van der Waals surface area contributed by atoms with Crippen LogP contribution >= 0.6 is 11.3 Å².